The third-order valence-electron chi connectivity index (χ3n) is 3.52. The Morgan fingerprint density at radius 3 is 2.30 bits per heavy atom. The minimum absolute atomic E-state index is 0.106. The quantitative estimate of drug-likeness (QED) is 0.248. The minimum Gasteiger partial charge on any atom is -0.462 e. The van der Waals surface area contributed by atoms with E-state index >= 15 is 0 Å². The summed E-state index contributed by atoms with van der Waals surface area (Å²) in [6, 6.07) is 12.3. The van der Waals surface area contributed by atoms with E-state index in [1.165, 1.54) is 36.5 Å². The Kier molecular flexibility index (Phi) is 6.76. The van der Waals surface area contributed by atoms with Crippen LogP contribution in [0, 0.1) is 0 Å². The van der Waals surface area contributed by atoms with Gasteiger partial charge in [0.2, 0.25) is 5.78 Å². The standard InChI is InChI=1S/C19H18ClNO5S/c1-3-26-19(23)16(18(22)15-6-4-5-7-17(15)20)12-21-13-8-10-14(11-9-13)27(2,24)25/h4-12,21H,3H2,1-2H3/b16-12+. The van der Waals surface area contributed by atoms with Crippen LogP contribution in [0.2, 0.25) is 5.02 Å². The number of carbonyl (C=O) groups is 2. The molecular formula is C19H18ClNO5S. The third-order valence-corrected chi connectivity index (χ3v) is 4.98. The lowest BCUT2D eigenvalue weighted by atomic mass is 10.0. The first-order valence-corrected chi connectivity index (χ1v) is 10.2. The molecule has 0 bridgehead atoms. The number of carbonyl (C=O) groups excluding carboxylic acids is 2. The van der Waals surface area contributed by atoms with E-state index in [9.17, 15) is 18.0 Å². The van der Waals surface area contributed by atoms with E-state index in [0.29, 0.717) is 5.69 Å². The van der Waals surface area contributed by atoms with Gasteiger partial charge in [-0.1, -0.05) is 23.7 Å². The maximum Gasteiger partial charge on any atom is 0.343 e. The van der Waals surface area contributed by atoms with Gasteiger partial charge >= 0.3 is 5.97 Å². The Bertz CT molecular complexity index is 981. The SMILES string of the molecule is CCOC(=O)/C(=C/Nc1ccc(S(C)(=O)=O)cc1)C(=O)c1ccccc1Cl. The lowest BCUT2D eigenvalue weighted by Crippen LogP contribution is -2.18. The van der Waals surface area contributed by atoms with E-state index in [4.69, 9.17) is 16.3 Å². The van der Waals surface area contributed by atoms with Gasteiger partial charge in [-0.15, -0.1) is 0 Å². The van der Waals surface area contributed by atoms with Crippen molar-refractivity contribution < 1.29 is 22.7 Å². The molecule has 0 aliphatic heterocycles. The smallest absolute Gasteiger partial charge is 0.343 e. The van der Waals surface area contributed by atoms with E-state index in [2.05, 4.69) is 5.32 Å². The van der Waals surface area contributed by atoms with Crippen molar-refractivity contribution in [3.8, 4) is 0 Å². The zero-order chi connectivity index (χ0) is 20.0. The van der Waals surface area contributed by atoms with Gasteiger partial charge in [0.1, 0.15) is 5.57 Å². The number of anilines is 1. The van der Waals surface area contributed by atoms with Crippen LogP contribution in [-0.4, -0.2) is 33.0 Å². The summed E-state index contributed by atoms with van der Waals surface area (Å²) in [5.41, 5.74) is 0.445. The van der Waals surface area contributed by atoms with Gasteiger partial charge in [-0.25, -0.2) is 13.2 Å². The molecule has 0 aliphatic carbocycles. The topological polar surface area (TPSA) is 89.5 Å². The molecule has 0 heterocycles. The highest BCUT2D eigenvalue weighted by Gasteiger charge is 2.23. The zero-order valence-electron chi connectivity index (χ0n) is 14.7. The second-order valence-electron chi connectivity index (χ2n) is 5.53. The van der Waals surface area contributed by atoms with E-state index in [0.717, 1.165) is 6.26 Å². The average molecular weight is 408 g/mol. The highest BCUT2D eigenvalue weighted by molar-refractivity contribution is 7.90. The van der Waals surface area contributed by atoms with Gasteiger partial charge in [0.05, 0.1) is 16.5 Å². The number of hydrogen-bond acceptors (Lipinski definition) is 6. The highest BCUT2D eigenvalue weighted by atomic mass is 35.5. The molecule has 2 aromatic carbocycles. The first-order chi connectivity index (χ1) is 12.7. The number of ether oxygens (including phenoxy) is 1. The highest BCUT2D eigenvalue weighted by Crippen LogP contribution is 2.20. The first-order valence-electron chi connectivity index (χ1n) is 7.97. The van der Waals surface area contributed by atoms with E-state index in [1.54, 1.807) is 25.1 Å². The molecule has 0 radical (unpaired) electrons. The van der Waals surface area contributed by atoms with E-state index < -0.39 is 21.6 Å². The van der Waals surface area contributed by atoms with Gasteiger partial charge in [-0.3, -0.25) is 4.79 Å². The molecule has 0 spiro atoms. The molecule has 2 aromatic rings. The van der Waals surface area contributed by atoms with Crippen LogP contribution in [0.1, 0.15) is 17.3 Å². The van der Waals surface area contributed by atoms with Crippen molar-refractivity contribution in [1.29, 1.82) is 0 Å². The molecule has 0 atom stereocenters. The summed E-state index contributed by atoms with van der Waals surface area (Å²) in [7, 11) is -3.31. The van der Waals surface area contributed by atoms with Crippen molar-refractivity contribution in [2.45, 2.75) is 11.8 Å². The fourth-order valence-corrected chi connectivity index (χ4v) is 3.02. The van der Waals surface area contributed by atoms with Crippen molar-refractivity contribution in [2.75, 3.05) is 18.2 Å². The Hall–Kier alpha value is -2.64. The van der Waals surface area contributed by atoms with Gasteiger partial charge in [0.25, 0.3) is 0 Å². The van der Waals surface area contributed by atoms with Gasteiger partial charge < -0.3 is 10.1 Å². The Balaban J connectivity index is 2.32. The zero-order valence-corrected chi connectivity index (χ0v) is 16.3. The average Bonchev–Trinajstić information content (AvgIpc) is 2.62. The second kappa shape index (κ2) is 8.83. The number of ketones is 1. The van der Waals surface area contributed by atoms with Gasteiger partial charge in [-0.2, -0.15) is 0 Å². The maximum atomic E-state index is 12.7. The van der Waals surface area contributed by atoms with Crippen molar-refractivity contribution in [3.63, 3.8) is 0 Å². The maximum absolute atomic E-state index is 12.7. The van der Waals surface area contributed by atoms with Crippen LogP contribution in [0.25, 0.3) is 0 Å². The van der Waals surface area contributed by atoms with Crippen molar-refractivity contribution in [2.24, 2.45) is 0 Å². The predicted octanol–water partition coefficient (Wildman–Crippen LogP) is 3.49. The van der Waals surface area contributed by atoms with Crippen molar-refractivity contribution in [3.05, 3.63) is 70.9 Å². The van der Waals surface area contributed by atoms with Crippen LogP contribution in [-0.2, 0) is 19.4 Å². The summed E-state index contributed by atoms with van der Waals surface area (Å²) in [6.45, 7) is 1.74. The lowest BCUT2D eigenvalue weighted by Gasteiger charge is -2.09. The van der Waals surface area contributed by atoms with E-state index in [1.807, 2.05) is 0 Å². The van der Waals surface area contributed by atoms with Gasteiger partial charge in [0.15, 0.2) is 9.84 Å². The van der Waals surface area contributed by atoms with Gasteiger partial charge in [0, 0.05) is 23.7 Å². The number of esters is 1. The number of halogens is 1. The van der Waals surface area contributed by atoms with Crippen LogP contribution < -0.4 is 5.32 Å². The van der Waals surface area contributed by atoms with E-state index in [-0.39, 0.29) is 27.7 Å². The molecule has 0 fully saturated rings. The fraction of sp³-hybridized carbons (Fsp3) is 0.158. The summed E-state index contributed by atoms with van der Waals surface area (Å²) >= 11 is 6.04. The predicted molar refractivity (Wildman–Crippen MR) is 104 cm³/mol. The normalized spacial score (nSPS) is 11.7. The molecule has 6 nitrogen and oxygen atoms in total. The molecule has 27 heavy (non-hydrogen) atoms. The molecule has 0 unspecified atom stereocenters. The summed E-state index contributed by atoms with van der Waals surface area (Å²) in [5, 5.41) is 3.03. The minimum atomic E-state index is -3.31. The third kappa shape index (κ3) is 5.42. The molecular weight excluding hydrogens is 390 g/mol. The fourth-order valence-electron chi connectivity index (χ4n) is 2.17. The largest absolute Gasteiger partial charge is 0.462 e. The van der Waals surface area contributed by atoms with Gasteiger partial charge in [-0.05, 0) is 43.3 Å². The number of hydrogen-bond donors (Lipinski definition) is 1. The molecule has 0 saturated heterocycles. The van der Waals surface area contributed by atoms with Crippen LogP contribution in [0.5, 0.6) is 0 Å². The van der Waals surface area contributed by atoms with Crippen LogP contribution in [0.4, 0.5) is 5.69 Å². The Morgan fingerprint density at radius 1 is 1.11 bits per heavy atom. The molecule has 0 amide bonds. The molecule has 1 N–H and O–H groups in total. The molecule has 0 aliphatic rings. The number of nitrogens with one attached hydrogen (secondary N) is 1. The number of rotatable bonds is 7. The molecule has 0 aromatic heterocycles. The molecule has 142 valence electrons. The summed E-state index contributed by atoms with van der Waals surface area (Å²) < 4.78 is 27.9. The monoisotopic (exact) mass is 407 g/mol. The van der Waals surface area contributed by atoms with Crippen LogP contribution in [0.15, 0.2) is 65.2 Å². The second-order valence-corrected chi connectivity index (χ2v) is 7.95. The summed E-state index contributed by atoms with van der Waals surface area (Å²) in [5.74, 6) is -1.37. The van der Waals surface area contributed by atoms with Crippen molar-refractivity contribution in [1.82, 2.24) is 0 Å². The Morgan fingerprint density at radius 2 is 1.74 bits per heavy atom. The summed E-state index contributed by atoms with van der Waals surface area (Å²) in [6.07, 6.45) is 2.33. The summed E-state index contributed by atoms with van der Waals surface area (Å²) in [4.78, 5) is 25.1. The lowest BCUT2D eigenvalue weighted by molar-refractivity contribution is -0.138. The number of benzene rings is 2. The number of sulfone groups is 1. The van der Waals surface area contributed by atoms with Crippen LogP contribution >= 0.6 is 11.6 Å². The van der Waals surface area contributed by atoms with Crippen molar-refractivity contribution >= 4 is 38.9 Å². The molecule has 8 heteroatoms. The first kappa shape index (κ1) is 20.7. The molecule has 0 saturated carbocycles. The number of Topliss-reactive ketones (excluding diaryl/α,β-unsaturated/α-hetero) is 1. The molecule has 2 rings (SSSR count). The van der Waals surface area contributed by atoms with Crippen LogP contribution in [0.3, 0.4) is 0 Å². The Labute approximate surface area is 162 Å².